The van der Waals surface area contributed by atoms with E-state index in [0.29, 0.717) is 24.6 Å². The number of amides is 2. The van der Waals surface area contributed by atoms with E-state index in [-0.39, 0.29) is 35.8 Å². The summed E-state index contributed by atoms with van der Waals surface area (Å²) in [5.41, 5.74) is 1.50. The van der Waals surface area contributed by atoms with Crippen LogP contribution in [0.5, 0.6) is 0 Å². The molecule has 4 aromatic rings. The highest BCUT2D eigenvalue weighted by molar-refractivity contribution is 5.76. The van der Waals surface area contributed by atoms with Crippen molar-refractivity contribution in [3.05, 3.63) is 77.5 Å². The Morgan fingerprint density at radius 2 is 1.79 bits per heavy atom. The van der Waals surface area contributed by atoms with Crippen LogP contribution in [-0.2, 0) is 6.18 Å². The van der Waals surface area contributed by atoms with Gasteiger partial charge in [0.05, 0.1) is 41.8 Å². The Bertz CT molecular complexity index is 1570. The summed E-state index contributed by atoms with van der Waals surface area (Å²) in [6.07, 6.45) is -0.657. The highest BCUT2D eigenvalue weighted by Crippen LogP contribution is 2.37. The van der Waals surface area contributed by atoms with Crippen molar-refractivity contribution in [3.63, 3.8) is 0 Å². The van der Waals surface area contributed by atoms with Gasteiger partial charge in [-0.15, -0.1) is 0 Å². The number of aryl methyl sites for hydroxylation is 1. The maximum Gasteiger partial charge on any atom is 0.416 e. The fourth-order valence-electron chi connectivity index (χ4n) is 5.64. The van der Waals surface area contributed by atoms with Crippen molar-refractivity contribution >= 4 is 23.5 Å². The molecule has 0 spiro atoms. The number of aromatic amines is 1. The third kappa shape index (κ3) is 5.60. The number of carbonyl (C=O) groups is 1. The number of carbonyl (C=O) groups excluding carboxylic acids is 1. The van der Waals surface area contributed by atoms with Crippen LogP contribution in [0.1, 0.15) is 42.6 Å². The number of pyridine rings is 1. The van der Waals surface area contributed by atoms with Gasteiger partial charge < -0.3 is 20.4 Å². The maximum atomic E-state index is 13.8. The number of anilines is 3. The summed E-state index contributed by atoms with van der Waals surface area (Å²) in [7, 11) is 0. The van der Waals surface area contributed by atoms with Crippen molar-refractivity contribution in [3.8, 4) is 5.69 Å². The topological polar surface area (TPSA) is 107 Å². The molecule has 0 radical (unpaired) electrons. The van der Waals surface area contributed by atoms with E-state index in [0.717, 1.165) is 42.4 Å². The third-order valence-electron chi connectivity index (χ3n) is 7.69. The van der Waals surface area contributed by atoms with Crippen LogP contribution in [0.2, 0.25) is 0 Å². The van der Waals surface area contributed by atoms with Crippen LogP contribution in [-0.4, -0.2) is 61.1 Å². The predicted molar refractivity (Wildman–Crippen MR) is 147 cm³/mol. The lowest BCUT2D eigenvalue weighted by Crippen LogP contribution is -2.58. The van der Waals surface area contributed by atoms with E-state index < -0.39 is 17.6 Å². The van der Waals surface area contributed by atoms with E-state index >= 15 is 0 Å². The lowest BCUT2D eigenvalue weighted by atomic mass is 10.1. The summed E-state index contributed by atoms with van der Waals surface area (Å²) in [4.78, 5) is 21.5. The smallest absolute Gasteiger partial charge is 0.352 e. The Balaban J connectivity index is 1.14. The minimum atomic E-state index is -4.56. The maximum absolute atomic E-state index is 13.8. The van der Waals surface area contributed by atoms with Gasteiger partial charge in [0.2, 0.25) is 0 Å². The number of benzene rings is 1. The van der Waals surface area contributed by atoms with Gasteiger partial charge in [-0.25, -0.2) is 18.9 Å². The SMILES string of the molecule is Cc1cc(Nc2cc(C(F)(F)F)cc(N3C[C@H]4CC[C@@H](C3)N4C(=O)N[C@@H](C)c3ccc(-n4cc(F)cn4)cc3)n2)n[nH]1. The Kier molecular flexibility index (Phi) is 6.99. The van der Waals surface area contributed by atoms with Gasteiger partial charge in [-0.2, -0.15) is 23.4 Å². The molecule has 2 aliphatic heterocycles. The van der Waals surface area contributed by atoms with Crippen LogP contribution in [0, 0.1) is 12.7 Å². The number of nitrogens with one attached hydrogen (secondary N) is 3. The fourth-order valence-corrected chi connectivity index (χ4v) is 5.64. The van der Waals surface area contributed by atoms with Crippen molar-refractivity contribution in [1.29, 1.82) is 0 Å². The number of halogens is 4. The number of H-pyrrole nitrogens is 1. The molecule has 5 heterocycles. The highest BCUT2D eigenvalue weighted by Gasteiger charge is 2.44. The second-order valence-corrected chi connectivity index (χ2v) is 10.7. The molecule has 2 saturated heterocycles. The molecule has 14 heteroatoms. The first-order valence-electron chi connectivity index (χ1n) is 13.6. The van der Waals surface area contributed by atoms with Crippen molar-refractivity contribution in [2.24, 2.45) is 0 Å². The third-order valence-corrected chi connectivity index (χ3v) is 7.69. The fraction of sp³-hybridized carbons (Fsp3) is 0.357. The molecule has 0 unspecified atom stereocenters. The lowest BCUT2D eigenvalue weighted by molar-refractivity contribution is -0.137. The van der Waals surface area contributed by atoms with Gasteiger partial charge in [0.25, 0.3) is 0 Å². The van der Waals surface area contributed by atoms with E-state index in [1.807, 2.05) is 28.9 Å². The number of fused-ring (bicyclic) bond motifs is 2. The summed E-state index contributed by atoms with van der Waals surface area (Å²) in [5, 5.41) is 16.6. The average Bonchev–Trinajstić information content (AvgIpc) is 3.64. The summed E-state index contributed by atoms with van der Waals surface area (Å²) in [6, 6.07) is 10.1. The summed E-state index contributed by atoms with van der Waals surface area (Å²) < 4.78 is 56.1. The highest BCUT2D eigenvalue weighted by atomic mass is 19.4. The molecule has 3 N–H and O–H groups in total. The van der Waals surface area contributed by atoms with Gasteiger partial charge >= 0.3 is 12.2 Å². The number of rotatable bonds is 6. The second kappa shape index (κ2) is 10.7. The molecule has 2 aliphatic rings. The van der Waals surface area contributed by atoms with Crippen molar-refractivity contribution in [1.82, 2.24) is 35.2 Å². The van der Waals surface area contributed by atoms with E-state index in [9.17, 15) is 22.4 Å². The Hall–Kier alpha value is -4.62. The Labute approximate surface area is 238 Å². The van der Waals surface area contributed by atoms with E-state index in [4.69, 9.17) is 0 Å². The molecule has 42 heavy (non-hydrogen) atoms. The van der Waals surface area contributed by atoms with Crippen molar-refractivity contribution < 1.29 is 22.4 Å². The van der Waals surface area contributed by atoms with Crippen LogP contribution >= 0.6 is 0 Å². The minimum Gasteiger partial charge on any atom is -0.352 e. The molecule has 0 aliphatic carbocycles. The molecule has 2 bridgehead atoms. The van der Waals surface area contributed by atoms with Gasteiger partial charge in [0, 0.05) is 24.8 Å². The average molecular weight is 584 g/mol. The predicted octanol–water partition coefficient (Wildman–Crippen LogP) is 5.32. The number of urea groups is 1. The molecule has 220 valence electrons. The standard InChI is InChI=1S/C28H29F4N9O/c1-16-9-25(38-37-16)35-24-10-19(28(30,31)32)11-26(36-24)39-14-22-7-8-23(15-39)41(22)27(42)34-17(2)18-3-5-21(6-4-18)40-13-20(29)12-33-40/h3-6,9-13,17,22-23H,7-8,14-15H2,1-2H3,(H,34,42)(H2,35,36,37,38)/t17-,22-,23+/m0/s1. The number of aromatic nitrogens is 5. The quantitative estimate of drug-likeness (QED) is 0.265. The molecule has 10 nitrogen and oxygen atoms in total. The molecule has 0 saturated carbocycles. The molecular formula is C28H29F4N9O. The van der Waals surface area contributed by atoms with Crippen molar-refractivity contribution in [2.75, 3.05) is 23.3 Å². The summed E-state index contributed by atoms with van der Waals surface area (Å²) in [6.45, 7) is 4.39. The zero-order valence-electron chi connectivity index (χ0n) is 22.9. The van der Waals surface area contributed by atoms with Gasteiger partial charge in [0.1, 0.15) is 11.6 Å². The first kappa shape index (κ1) is 27.5. The van der Waals surface area contributed by atoms with Crippen LogP contribution in [0.3, 0.4) is 0 Å². The van der Waals surface area contributed by atoms with Crippen LogP contribution in [0.4, 0.5) is 39.8 Å². The number of piperazine rings is 1. The van der Waals surface area contributed by atoms with Crippen LogP contribution in [0.15, 0.2) is 54.9 Å². The summed E-state index contributed by atoms with van der Waals surface area (Å²) in [5.74, 6) is 0.170. The van der Waals surface area contributed by atoms with E-state index in [2.05, 4.69) is 30.9 Å². The monoisotopic (exact) mass is 583 g/mol. The van der Waals surface area contributed by atoms with Gasteiger partial charge in [-0.05, 0) is 56.5 Å². The number of alkyl halides is 3. The molecule has 6 rings (SSSR count). The van der Waals surface area contributed by atoms with Gasteiger partial charge in [-0.3, -0.25) is 5.10 Å². The number of nitrogens with zero attached hydrogens (tertiary/aromatic N) is 6. The first-order chi connectivity index (χ1) is 20.0. The zero-order valence-corrected chi connectivity index (χ0v) is 22.9. The Morgan fingerprint density at radius 1 is 1.07 bits per heavy atom. The normalized spacial score (nSPS) is 19.2. The molecule has 2 amide bonds. The summed E-state index contributed by atoms with van der Waals surface area (Å²) >= 11 is 0. The number of hydrogen-bond acceptors (Lipinski definition) is 6. The van der Waals surface area contributed by atoms with Gasteiger partial charge in [0.15, 0.2) is 11.6 Å². The first-order valence-corrected chi connectivity index (χ1v) is 13.6. The van der Waals surface area contributed by atoms with E-state index in [1.54, 1.807) is 25.1 Å². The molecule has 3 aromatic heterocycles. The molecule has 1 aromatic carbocycles. The van der Waals surface area contributed by atoms with E-state index in [1.165, 1.54) is 10.9 Å². The minimum absolute atomic E-state index is 0.0383. The van der Waals surface area contributed by atoms with Gasteiger partial charge in [-0.1, -0.05) is 12.1 Å². The Morgan fingerprint density at radius 3 is 2.38 bits per heavy atom. The lowest BCUT2D eigenvalue weighted by Gasteiger charge is -2.42. The number of hydrogen-bond donors (Lipinski definition) is 3. The largest absolute Gasteiger partial charge is 0.416 e. The molecular weight excluding hydrogens is 554 g/mol. The zero-order chi connectivity index (χ0) is 29.6. The van der Waals surface area contributed by atoms with Crippen LogP contribution < -0.4 is 15.5 Å². The second-order valence-electron chi connectivity index (χ2n) is 10.7. The molecule has 3 atom stereocenters. The van der Waals surface area contributed by atoms with Crippen molar-refractivity contribution in [2.45, 2.75) is 51.0 Å². The van der Waals surface area contributed by atoms with Crippen LogP contribution in [0.25, 0.3) is 5.69 Å². The molecule has 2 fully saturated rings.